The van der Waals surface area contributed by atoms with E-state index in [1.807, 2.05) is 17.5 Å². The van der Waals surface area contributed by atoms with Crippen molar-refractivity contribution in [3.05, 3.63) is 51.2 Å². The highest BCUT2D eigenvalue weighted by atomic mass is 35.5. The van der Waals surface area contributed by atoms with E-state index >= 15 is 0 Å². The molecule has 8 heteroatoms. The molecule has 0 spiro atoms. The highest BCUT2D eigenvalue weighted by Gasteiger charge is 2.29. The van der Waals surface area contributed by atoms with Gasteiger partial charge in [-0.2, -0.15) is 4.31 Å². The van der Waals surface area contributed by atoms with Crippen LogP contribution >= 0.6 is 22.9 Å². The minimum Gasteiger partial charge on any atom is -0.344 e. The molecule has 29 heavy (non-hydrogen) atoms. The summed E-state index contributed by atoms with van der Waals surface area (Å²) in [6, 6.07) is 8.24. The Labute approximate surface area is 182 Å². The first kappa shape index (κ1) is 22.3. The lowest BCUT2D eigenvalue weighted by Gasteiger charge is -2.26. The van der Waals surface area contributed by atoms with Gasteiger partial charge in [0.2, 0.25) is 10.0 Å². The summed E-state index contributed by atoms with van der Waals surface area (Å²) in [4.78, 5) is 14.3. The van der Waals surface area contributed by atoms with Gasteiger partial charge < -0.3 is 5.32 Å². The number of sulfonamides is 1. The minimum atomic E-state index is -3.61. The molecule has 1 unspecified atom stereocenters. The molecule has 1 aromatic heterocycles. The largest absolute Gasteiger partial charge is 0.344 e. The van der Waals surface area contributed by atoms with Crippen LogP contribution in [0.3, 0.4) is 0 Å². The first-order valence-corrected chi connectivity index (χ1v) is 12.7. The SMILES string of the molecule is CCC(CC)C(NC(=O)c1cc(S(=O)(=O)N2CCCC2)ccc1Cl)c1cccs1. The molecule has 2 aromatic rings. The molecule has 1 atom stereocenters. The number of hydrogen-bond acceptors (Lipinski definition) is 4. The average molecular weight is 455 g/mol. The Kier molecular flexibility index (Phi) is 7.37. The Bertz CT molecular complexity index is 935. The molecule has 2 heterocycles. The minimum absolute atomic E-state index is 0.115. The Hall–Kier alpha value is -1.41. The third-order valence-corrected chi connectivity index (χ3v) is 8.72. The van der Waals surface area contributed by atoms with Crippen molar-refractivity contribution < 1.29 is 13.2 Å². The fourth-order valence-electron chi connectivity index (χ4n) is 3.78. The molecule has 0 radical (unpaired) electrons. The Balaban J connectivity index is 1.90. The summed E-state index contributed by atoms with van der Waals surface area (Å²) in [6.07, 6.45) is 3.57. The first-order valence-electron chi connectivity index (χ1n) is 10.0. The molecule has 1 aliphatic rings. The molecule has 0 bridgehead atoms. The van der Waals surface area contributed by atoms with Gasteiger partial charge in [0.05, 0.1) is 21.5 Å². The first-order chi connectivity index (χ1) is 13.9. The number of hydrogen-bond donors (Lipinski definition) is 1. The van der Waals surface area contributed by atoms with Crippen molar-refractivity contribution in [1.29, 1.82) is 0 Å². The average Bonchev–Trinajstić information content (AvgIpc) is 3.42. The third kappa shape index (κ3) is 4.85. The van der Waals surface area contributed by atoms with Gasteiger partial charge in [-0.05, 0) is 48.4 Å². The van der Waals surface area contributed by atoms with Gasteiger partial charge in [0, 0.05) is 18.0 Å². The van der Waals surface area contributed by atoms with Crippen molar-refractivity contribution in [3.63, 3.8) is 0 Å². The molecule has 1 amide bonds. The van der Waals surface area contributed by atoms with Gasteiger partial charge in [-0.25, -0.2) is 8.42 Å². The Morgan fingerprint density at radius 1 is 1.21 bits per heavy atom. The number of carbonyl (C=O) groups is 1. The van der Waals surface area contributed by atoms with Gasteiger partial charge in [0.25, 0.3) is 5.91 Å². The Morgan fingerprint density at radius 2 is 1.90 bits per heavy atom. The molecule has 1 fully saturated rings. The summed E-state index contributed by atoms with van der Waals surface area (Å²) < 4.78 is 27.2. The lowest BCUT2D eigenvalue weighted by Crippen LogP contribution is -2.33. The smallest absolute Gasteiger partial charge is 0.253 e. The maximum Gasteiger partial charge on any atom is 0.253 e. The molecule has 1 N–H and O–H groups in total. The summed E-state index contributed by atoms with van der Waals surface area (Å²) in [5.74, 6) is -0.0633. The number of halogens is 1. The molecule has 1 saturated heterocycles. The summed E-state index contributed by atoms with van der Waals surface area (Å²) >= 11 is 7.90. The summed E-state index contributed by atoms with van der Waals surface area (Å²) in [5, 5.41) is 5.35. The fraction of sp³-hybridized carbons (Fsp3) is 0.476. The van der Waals surface area contributed by atoms with Crippen LogP contribution in [0.4, 0.5) is 0 Å². The molecule has 5 nitrogen and oxygen atoms in total. The van der Waals surface area contributed by atoms with Crippen molar-refractivity contribution >= 4 is 38.9 Å². The number of nitrogens with zero attached hydrogens (tertiary/aromatic N) is 1. The molecule has 0 aliphatic carbocycles. The van der Waals surface area contributed by atoms with E-state index in [-0.39, 0.29) is 33.3 Å². The third-order valence-electron chi connectivity index (χ3n) is 5.54. The molecule has 1 aliphatic heterocycles. The zero-order valence-electron chi connectivity index (χ0n) is 16.7. The second-order valence-electron chi connectivity index (χ2n) is 7.30. The van der Waals surface area contributed by atoms with Gasteiger partial charge in [-0.1, -0.05) is 44.4 Å². The highest BCUT2D eigenvalue weighted by Crippen LogP contribution is 2.32. The second-order valence-corrected chi connectivity index (χ2v) is 10.6. The predicted molar refractivity (Wildman–Crippen MR) is 118 cm³/mol. The van der Waals surface area contributed by atoms with Crippen LogP contribution in [0.25, 0.3) is 0 Å². The molecular weight excluding hydrogens is 428 g/mol. The number of thiophene rings is 1. The number of rotatable bonds is 8. The van der Waals surface area contributed by atoms with Crippen LogP contribution in [0.1, 0.15) is 60.8 Å². The monoisotopic (exact) mass is 454 g/mol. The molecule has 0 saturated carbocycles. The van der Waals surface area contributed by atoms with Crippen LogP contribution < -0.4 is 5.32 Å². The predicted octanol–water partition coefficient (Wildman–Crippen LogP) is 5.09. The summed E-state index contributed by atoms with van der Waals surface area (Å²) in [7, 11) is -3.61. The van der Waals surface area contributed by atoms with E-state index in [1.54, 1.807) is 11.3 Å². The number of benzene rings is 1. The van der Waals surface area contributed by atoms with E-state index in [2.05, 4.69) is 19.2 Å². The lowest BCUT2D eigenvalue weighted by molar-refractivity contribution is 0.0920. The van der Waals surface area contributed by atoms with E-state index in [1.165, 1.54) is 22.5 Å². The van der Waals surface area contributed by atoms with Crippen molar-refractivity contribution in [2.75, 3.05) is 13.1 Å². The van der Waals surface area contributed by atoms with Crippen molar-refractivity contribution in [3.8, 4) is 0 Å². The summed E-state index contributed by atoms with van der Waals surface area (Å²) in [5.41, 5.74) is 0.194. The van der Waals surface area contributed by atoms with Crippen LogP contribution in [0.15, 0.2) is 40.6 Å². The van der Waals surface area contributed by atoms with E-state index in [0.29, 0.717) is 13.1 Å². The van der Waals surface area contributed by atoms with Gasteiger partial charge in [-0.3, -0.25) is 4.79 Å². The van der Waals surface area contributed by atoms with Crippen LogP contribution in [-0.4, -0.2) is 31.7 Å². The van der Waals surface area contributed by atoms with E-state index < -0.39 is 10.0 Å². The van der Waals surface area contributed by atoms with E-state index in [0.717, 1.165) is 30.6 Å². The van der Waals surface area contributed by atoms with E-state index in [4.69, 9.17) is 11.6 Å². The normalized spacial score (nSPS) is 16.3. The van der Waals surface area contributed by atoms with Crippen LogP contribution in [0, 0.1) is 5.92 Å². The van der Waals surface area contributed by atoms with Crippen LogP contribution in [0.5, 0.6) is 0 Å². The zero-order valence-corrected chi connectivity index (χ0v) is 19.1. The van der Waals surface area contributed by atoms with Crippen molar-refractivity contribution in [1.82, 2.24) is 9.62 Å². The standard InChI is InChI=1S/C21H27ClN2O3S2/c1-3-15(4-2)20(19-8-7-13-28-19)23-21(25)17-14-16(9-10-18(17)22)29(26,27)24-11-5-6-12-24/h7-10,13-15,20H,3-6,11-12H2,1-2H3,(H,23,25). The quantitative estimate of drug-likeness (QED) is 0.603. The summed E-state index contributed by atoms with van der Waals surface area (Å²) in [6.45, 7) is 5.25. The number of amides is 1. The second kappa shape index (κ2) is 9.60. The molecule has 3 rings (SSSR count). The Morgan fingerprint density at radius 3 is 2.48 bits per heavy atom. The van der Waals surface area contributed by atoms with Gasteiger partial charge in [0.1, 0.15) is 0 Å². The molecular formula is C21H27ClN2O3S2. The zero-order chi connectivity index (χ0) is 21.0. The van der Waals surface area contributed by atoms with Crippen LogP contribution in [-0.2, 0) is 10.0 Å². The number of carbonyl (C=O) groups excluding carboxylic acids is 1. The van der Waals surface area contributed by atoms with Gasteiger partial charge >= 0.3 is 0 Å². The molecule has 158 valence electrons. The van der Waals surface area contributed by atoms with Gasteiger partial charge in [0.15, 0.2) is 0 Å². The van der Waals surface area contributed by atoms with Crippen molar-refractivity contribution in [2.45, 2.75) is 50.5 Å². The van der Waals surface area contributed by atoms with Crippen LogP contribution in [0.2, 0.25) is 5.02 Å². The molecule has 1 aromatic carbocycles. The van der Waals surface area contributed by atoms with E-state index in [9.17, 15) is 13.2 Å². The lowest BCUT2D eigenvalue weighted by atomic mass is 9.92. The number of nitrogens with one attached hydrogen (secondary N) is 1. The fourth-order valence-corrected chi connectivity index (χ4v) is 6.40. The maximum absolute atomic E-state index is 13.1. The van der Waals surface area contributed by atoms with Gasteiger partial charge in [-0.15, -0.1) is 11.3 Å². The maximum atomic E-state index is 13.1. The highest BCUT2D eigenvalue weighted by molar-refractivity contribution is 7.89. The topological polar surface area (TPSA) is 66.5 Å². The van der Waals surface area contributed by atoms with Crippen molar-refractivity contribution in [2.24, 2.45) is 5.92 Å².